The maximum Gasteiger partial charge on any atom is 0.101 e. The number of hydrogen-bond acceptors (Lipinski definition) is 4. The van der Waals surface area contributed by atoms with Gasteiger partial charge in [0.1, 0.15) is 6.07 Å². The molecule has 0 fully saturated rings. The zero-order valence-electron chi connectivity index (χ0n) is 10.1. The Labute approximate surface area is 115 Å². The van der Waals surface area contributed by atoms with E-state index in [1.807, 2.05) is 30.3 Å². The van der Waals surface area contributed by atoms with Crippen molar-refractivity contribution in [2.24, 2.45) is 0 Å². The molecule has 92 valence electrons. The van der Waals surface area contributed by atoms with Crippen molar-refractivity contribution in [2.75, 3.05) is 5.32 Å². The standard InChI is InChI=1S/C15H11N3S/c16-8-11-6-12-7-13(3-4-15(12)18-9-11)17-10-14-2-1-5-19-14/h1-7,9,17H,10H2. The first-order valence-corrected chi connectivity index (χ1v) is 6.79. The van der Waals surface area contributed by atoms with Crippen molar-refractivity contribution in [3.63, 3.8) is 0 Å². The van der Waals surface area contributed by atoms with E-state index in [4.69, 9.17) is 5.26 Å². The third kappa shape index (κ3) is 2.56. The molecule has 0 bridgehead atoms. The van der Waals surface area contributed by atoms with Gasteiger partial charge in [-0.3, -0.25) is 4.98 Å². The van der Waals surface area contributed by atoms with Crippen molar-refractivity contribution in [3.8, 4) is 6.07 Å². The molecule has 3 aromatic rings. The molecule has 0 saturated heterocycles. The van der Waals surface area contributed by atoms with Crippen molar-refractivity contribution in [3.05, 3.63) is 58.4 Å². The van der Waals surface area contributed by atoms with Crippen LogP contribution in [-0.2, 0) is 6.54 Å². The molecule has 1 aromatic carbocycles. The summed E-state index contributed by atoms with van der Waals surface area (Å²) in [6.45, 7) is 0.814. The fourth-order valence-corrected chi connectivity index (χ4v) is 2.55. The molecule has 0 unspecified atom stereocenters. The molecular weight excluding hydrogens is 254 g/mol. The first-order chi connectivity index (χ1) is 9.35. The van der Waals surface area contributed by atoms with Crippen LogP contribution in [0.4, 0.5) is 5.69 Å². The maximum absolute atomic E-state index is 8.89. The molecule has 0 aliphatic rings. The van der Waals surface area contributed by atoms with E-state index in [1.165, 1.54) is 4.88 Å². The van der Waals surface area contributed by atoms with E-state index in [1.54, 1.807) is 17.5 Å². The van der Waals surface area contributed by atoms with Gasteiger partial charge in [0.15, 0.2) is 0 Å². The first-order valence-electron chi connectivity index (χ1n) is 5.91. The Hall–Kier alpha value is -2.38. The third-order valence-corrected chi connectivity index (χ3v) is 3.73. The first kappa shape index (κ1) is 11.7. The summed E-state index contributed by atoms with van der Waals surface area (Å²) in [6.07, 6.45) is 1.60. The van der Waals surface area contributed by atoms with Gasteiger partial charge >= 0.3 is 0 Å². The van der Waals surface area contributed by atoms with Crippen molar-refractivity contribution in [1.82, 2.24) is 4.98 Å². The highest BCUT2D eigenvalue weighted by atomic mass is 32.1. The lowest BCUT2D eigenvalue weighted by atomic mass is 10.1. The lowest BCUT2D eigenvalue weighted by Gasteiger charge is -2.06. The quantitative estimate of drug-likeness (QED) is 0.784. The fourth-order valence-electron chi connectivity index (χ4n) is 1.91. The van der Waals surface area contributed by atoms with Gasteiger partial charge in [-0.05, 0) is 35.7 Å². The molecule has 0 aliphatic carbocycles. The molecule has 4 heteroatoms. The van der Waals surface area contributed by atoms with Gasteiger partial charge in [-0.1, -0.05) is 6.07 Å². The summed E-state index contributed by atoms with van der Waals surface area (Å²) in [5.74, 6) is 0. The van der Waals surface area contributed by atoms with E-state index in [0.29, 0.717) is 5.56 Å². The second-order valence-corrected chi connectivity index (χ2v) is 5.21. The molecule has 0 atom stereocenters. The van der Waals surface area contributed by atoms with E-state index in [-0.39, 0.29) is 0 Å². The van der Waals surface area contributed by atoms with Gasteiger partial charge in [0.25, 0.3) is 0 Å². The number of hydrogen-bond donors (Lipinski definition) is 1. The maximum atomic E-state index is 8.89. The minimum absolute atomic E-state index is 0.586. The van der Waals surface area contributed by atoms with Crippen LogP contribution in [-0.4, -0.2) is 4.98 Å². The Morgan fingerprint density at radius 3 is 3.00 bits per heavy atom. The number of benzene rings is 1. The Kier molecular flexibility index (Phi) is 3.13. The molecule has 0 amide bonds. The number of fused-ring (bicyclic) bond motifs is 1. The lowest BCUT2D eigenvalue weighted by Crippen LogP contribution is -1.97. The molecule has 0 spiro atoms. The van der Waals surface area contributed by atoms with Gasteiger partial charge in [-0.2, -0.15) is 5.26 Å². The number of rotatable bonds is 3. The number of nitriles is 1. The minimum atomic E-state index is 0.586. The summed E-state index contributed by atoms with van der Waals surface area (Å²) < 4.78 is 0. The smallest absolute Gasteiger partial charge is 0.101 e. The van der Waals surface area contributed by atoms with Crippen LogP contribution in [0.15, 0.2) is 48.0 Å². The van der Waals surface area contributed by atoms with Crippen molar-refractivity contribution in [1.29, 1.82) is 5.26 Å². The highest BCUT2D eigenvalue weighted by molar-refractivity contribution is 7.09. The molecule has 3 nitrogen and oxygen atoms in total. The van der Waals surface area contributed by atoms with Gasteiger partial charge in [0.05, 0.1) is 11.1 Å². The normalized spacial score (nSPS) is 10.3. The molecule has 0 aliphatic heterocycles. The summed E-state index contributed by atoms with van der Waals surface area (Å²) in [5.41, 5.74) is 2.53. The molecule has 19 heavy (non-hydrogen) atoms. The highest BCUT2D eigenvalue weighted by Crippen LogP contribution is 2.19. The van der Waals surface area contributed by atoms with Gasteiger partial charge in [-0.15, -0.1) is 11.3 Å². The molecular formula is C15H11N3S. The molecule has 2 aromatic heterocycles. The van der Waals surface area contributed by atoms with Crippen LogP contribution in [0.25, 0.3) is 10.9 Å². The largest absolute Gasteiger partial charge is 0.380 e. The molecule has 3 rings (SSSR count). The monoisotopic (exact) mass is 265 g/mol. The van der Waals surface area contributed by atoms with Gasteiger partial charge in [-0.25, -0.2) is 0 Å². The lowest BCUT2D eigenvalue weighted by molar-refractivity contribution is 1.19. The average molecular weight is 265 g/mol. The zero-order valence-corrected chi connectivity index (χ0v) is 10.9. The third-order valence-electron chi connectivity index (χ3n) is 2.86. The molecule has 0 saturated carbocycles. The number of aromatic nitrogens is 1. The van der Waals surface area contributed by atoms with Gasteiger partial charge < -0.3 is 5.32 Å². The van der Waals surface area contributed by atoms with E-state index in [9.17, 15) is 0 Å². The van der Waals surface area contributed by atoms with Crippen LogP contribution in [0.1, 0.15) is 10.4 Å². The second-order valence-electron chi connectivity index (χ2n) is 4.18. The Balaban J connectivity index is 1.86. The van der Waals surface area contributed by atoms with Crippen LogP contribution in [0.3, 0.4) is 0 Å². The predicted octanol–water partition coefficient (Wildman–Crippen LogP) is 3.78. The van der Waals surface area contributed by atoms with Crippen LogP contribution < -0.4 is 5.32 Å². The number of thiophene rings is 1. The number of anilines is 1. The zero-order chi connectivity index (χ0) is 13.1. The molecule has 0 radical (unpaired) electrons. The Morgan fingerprint density at radius 1 is 1.26 bits per heavy atom. The van der Waals surface area contributed by atoms with E-state index < -0.39 is 0 Å². The van der Waals surface area contributed by atoms with Crippen LogP contribution in [0, 0.1) is 11.3 Å². The SMILES string of the molecule is N#Cc1cnc2ccc(NCc3cccs3)cc2c1. The minimum Gasteiger partial charge on any atom is -0.380 e. The number of pyridine rings is 1. The van der Waals surface area contributed by atoms with Crippen LogP contribution in [0.2, 0.25) is 0 Å². The fraction of sp³-hybridized carbons (Fsp3) is 0.0667. The molecule has 2 heterocycles. The predicted molar refractivity (Wildman–Crippen MR) is 78.1 cm³/mol. The Bertz CT molecular complexity index is 742. The van der Waals surface area contributed by atoms with Crippen molar-refractivity contribution < 1.29 is 0 Å². The topological polar surface area (TPSA) is 48.7 Å². The summed E-state index contributed by atoms with van der Waals surface area (Å²) in [6, 6.07) is 14.1. The second kappa shape index (κ2) is 5.09. The highest BCUT2D eigenvalue weighted by Gasteiger charge is 2.00. The van der Waals surface area contributed by atoms with Gasteiger partial charge in [0.2, 0.25) is 0 Å². The van der Waals surface area contributed by atoms with Crippen LogP contribution in [0.5, 0.6) is 0 Å². The average Bonchev–Trinajstić information content (AvgIpc) is 2.97. The number of nitrogens with zero attached hydrogens (tertiary/aromatic N) is 2. The van der Waals surface area contributed by atoms with Crippen molar-refractivity contribution in [2.45, 2.75) is 6.54 Å². The summed E-state index contributed by atoms with van der Waals surface area (Å²) in [7, 11) is 0. The summed E-state index contributed by atoms with van der Waals surface area (Å²) in [5, 5.41) is 15.3. The van der Waals surface area contributed by atoms with E-state index >= 15 is 0 Å². The van der Waals surface area contributed by atoms with Gasteiger partial charge in [0, 0.05) is 28.7 Å². The van der Waals surface area contributed by atoms with E-state index in [0.717, 1.165) is 23.1 Å². The Morgan fingerprint density at radius 2 is 2.21 bits per heavy atom. The van der Waals surface area contributed by atoms with E-state index in [2.05, 4.69) is 27.8 Å². The number of nitrogens with one attached hydrogen (secondary N) is 1. The molecule has 1 N–H and O–H groups in total. The summed E-state index contributed by atoms with van der Waals surface area (Å²) >= 11 is 1.73. The van der Waals surface area contributed by atoms with Crippen LogP contribution >= 0.6 is 11.3 Å². The van der Waals surface area contributed by atoms with Crippen molar-refractivity contribution >= 4 is 27.9 Å². The summed E-state index contributed by atoms with van der Waals surface area (Å²) in [4.78, 5) is 5.55.